The van der Waals surface area contributed by atoms with Gasteiger partial charge in [-0.25, -0.2) is 0 Å². The fourth-order valence-corrected chi connectivity index (χ4v) is 7.87. The lowest BCUT2D eigenvalue weighted by Crippen LogP contribution is -2.54. The van der Waals surface area contributed by atoms with E-state index in [-0.39, 0.29) is 53.2 Å². The minimum atomic E-state index is -1.04. The van der Waals surface area contributed by atoms with Crippen molar-refractivity contribution in [2.75, 3.05) is 18.4 Å². The molecule has 4 aromatic carbocycles. The van der Waals surface area contributed by atoms with Crippen molar-refractivity contribution in [3.63, 3.8) is 0 Å². The van der Waals surface area contributed by atoms with Crippen LogP contribution in [0.5, 0.6) is 11.5 Å². The van der Waals surface area contributed by atoms with E-state index >= 15 is 0 Å². The zero-order valence-corrected chi connectivity index (χ0v) is 35.2. The Labute approximate surface area is 367 Å². The molecular formula is C49H45N7O8. The molecule has 2 aliphatic rings. The molecule has 15 heteroatoms. The van der Waals surface area contributed by atoms with Crippen LogP contribution < -0.4 is 31.6 Å². The molecule has 0 bridgehead atoms. The first-order chi connectivity index (χ1) is 30.9. The number of nitrogens with one attached hydrogen (secondary N) is 5. The normalized spacial score (nSPS) is 14.6. The molecule has 6 aromatic rings. The lowest BCUT2D eigenvalue weighted by molar-refractivity contribution is -0.136. The molecule has 0 radical (unpaired) electrons. The van der Waals surface area contributed by atoms with Crippen molar-refractivity contribution in [3.05, 3.63) is 154 Å². The minimum absolute atomic E-state index is 0.0409. The van der Waals surface area contributed by atoms with E-state index in [1.165, 1.54) is 4.57 Å². The average Bonchev–Trinajstić information content (AvgIpc) is 3.85. The highest BCUT2D eigenvalue weighted by molar-refractivity contribution is 6.25. The quantitative estimate of drug-likeness (QED) is 0.0580. The van der Waals surface area contributed by atoms with Crippen LogP contribution in [0, 0.1) is 0 Å². The number of H-pyrrole nitrogens is 1. The Morgan fingerprint density at radius 2 is 1.55 bits per heavy atom. The molecule has 1 fully saturated rings. The number of hydrogen-bond donors (Lipinski definition) is 5. The van der Waals surface area contributed by atoms with E-state index < -0.39 is 35.6 Å². The van der Waals surface area contributed by atoms with Gasteiger partial charge in [-0.3, -0.25) is 43.8 Å². The number of amides is 6. The predicted molar refractivity (Wildman–Crippen MR) is 241 cm³/mol. The zero-order chi connectivity index (χ0) is 45.1. The number of para-hydroxylation sites is 1. The van der Waals surface area contributed by atoms with E-state index in [4.69, 9.17) is 4.74 Å². The van der Waals surface area contributed by atoms with Crippen LogP contribution in [0.1, 0.15) is 85.3 Å². The Bertz CT molecular complexity index is 2940. The largest absolute Gasteiger partial charge is 0.457 e. The standard InChI is InChI=1S/C49H45N7O8/c1-28(2)31-18-20-40(64-32-10-5-4-6-11-32)34(24-31)36-27-55(3)49(63)43-35(36)25-38(53-43)45(59)52-26-29-14-16-30(17-15-29)44(58)51-23-8-7-22-50-37-13-9-12-33-42(37)48(62)56(47(33)61)39-19-21-41(57)54-46(39)60/h4-6,9-18,20,24-25,27,39,50,53H,1,7-8,19,21-23,26H2,2-3H3,(H,51,58)(H,52,59)(H,54,57,60). The number of ether oxygens (including phenoxy) is 1. The Balaban J connectivity index is 0.845. The molecule has 324 valence electrons. The number of aromatic amines is 1. The number of aryl methyl sites for hydroxylation is 1. The molecule has 0 saturated carbocycles. The van der Waals surface area contributed by atoms with Gasteiger partial charge < -0.3 is 30.2 Å². The summed E-state index contributed by atoms with van der Waals surface area (Å²) in [6.45, 7) is 7.03. The summed E-state index contributed by atoms with van der Waals surface area (Å²) in [7, 11) is 1.66. The number of aromatic nitrogens is 2. The second-order valence-electron chi connectivity index (χ2n) is 15.8. The number of rotatable bonds is 15. The first-order valence-electron chi connectivity index (χ1n) is 20.9. The van der Waals surface area contributed by atoms with Crippen molar-refractivity contribution in [2.24, 2.45) is 7.05 Å². The van der Waals surface area contributed by atoms with Gasteiger partial charge in [0.25, 0.3) is 29.2 Å². The van der Waals surface area contributed by atoms with Gasteiger partial charge in [0.1, 0.15) is 28.8 Å². The van der Waals surface area contributed by atoms with Gasteiger partial charge in [-0.15, -0.1) is 0 Å². The van der Waals surface area contributed by atoms with E-state index in [0.29, 0.717) is 59.6 Å². The van der Waals surface area contributed by atoms with Gasteiger partial charge in [0.2, 0.25) is 11.8 Å². The van der Waals surface area contributed by atoms with Crippen LogP contribution in [0.15, 0.2) is 115 Å². The third-order valence-corrected chi connectivity index (χ3v) is 11.3. The SMILES string of the molecule is C=C(C)c1ccc(Oc2ccccc2)c(-c2cn(C)c(=O)c3[nH]c(C(=O)NCc4ccc(C(=O)NCCCCNc5cccc6c5C(=O)N(C5CCC(=O)NC5=O)C6=O)cc4)cc23)c1. The topological polar surface area (TPSA) is 201 Å². The third-order valence-electron chi connectivity index (χ3n) is 11.3. The molecule has 4 heterocycles. The highest BCUT2D eigenvalue weighted by Gasteiger charge is 2.45. The van der Waals surface area contributed by atoms with Crippen LogP contribution in [0.4, 0.5) is 5.69 Å². The monoisotopic (exact) mass is 859 g/mol. The van der Waals surface area contributed by atoms with Crippen molar-refractivity contribution < 1.29 is 33.5 Å². The van der Waals surface area contributed by atoms with Gasteiger partial charge in [0, 0.05) is 67.1 Å². The molecule has 1 atom stereocenters. The van der Waals surface area contributed by atoms with Crippen molar-refractivity contribution in [3.8, 4) is 22.6 Å². The molecule has 1 unspecified atom stereocenters. The lowest BCUT2D eigenvalue weighted by atomic mass is 9.98. The summed E-state index contributed by atoms with van der Waals surface area (Å²) >= 11 is 0. The maximum atomic E-state index is 13.5. The van der Waals surface area contributed by atoms with E-state index in [0.717, 1.165) is 27.2 Å². The van der Waals surface area contributed by atoms with Crippen molar-refractivity contribution in [1.29, 1.82) is 0 Å². The summed E-state index contributed by atoms with van der Waals surface area (Å²) in [4.78, 5) is 94.2. The fraction of sp³-hybridized carbons (Fsp3) is 0.204. The lowest BCUT2D eigenvalue weighted by Gasteiger charge is -2.27. The highest BCUT2D eigenvalue weighted by atomic mass is 16.5. The number of imide groups is 2. The number of hydrogen-bond acceptors (Lipinski definition) is 9. The van der Waals surface area contributed by atoms with Gasteiger partial charge in [-0.2, -0.15) is 0 Å². The van der Waals surface area contributed by atoms with E-state index in [2.05, 4.69) is 32.8 Å². The van der Waals surface area contributed by atoms with Crippen molar-refractivity contribution in [1.82, 2.24) is 30.4 Å². The maximum Gasteiger partial charge on any atom is 0.274 e. The number of unbranched alkanes of at least 4 members (excludes halogenated alkanes) is 1. The smallest absolute Gasteiger partial charge is 0.274 e. The number of carbonyl (C=O) groups is 6. The summed E-state index contributed by atoms with van der Waals surface area (Å²) in [5.41, 5.74) is 5.43. The van der Waals surface area contributed by atoms with E-state index in [9.17, 15) is 33.6 Å². The number of pyridine rings is 1. The molecule has 15 nitrogen and oxygen atoms in total. The van der Waals surface area contributed by atoms with Gasteiger partial charge >= 0.3 is 0 Å². The minimum Gasteiger partial charge on any atom is -0.457 e. The number of carbonyl (C=O) groups excluding carboxylic acids is 6. The molecule has 0 aliphatic carbocycles. The van der Waals surface area contributed by atoms with Crippen LogP contribution >= 0.6 is 0 Å². The molecule has 2 aromatic heterocycles. The fourth-order valence-electron chi connectivity index (χ4n) is 7.87. The Kier molecular flexibility index (Phi) is 12.1. The molecule has 1 saturated heterocycles. The number of anilines is 1. The second-order valence-corrected chi connectivity index (χ2v) is 15.8. The van der Waals surface area contributed by atoms with Crippen LogP contribution in [0.25, 0.3) is 27.6 Å². The summed E-state index contributed by atoms with van der Waals surface area (Å²) in [5.74, 6) is -1.71. The number of benzene rings is 4. The molecule has 6 amide bonds. The van der Waals surface area contributed by atoms with E-state index in [1.807, 2.05) is 55.5 Å². The molecule has 64 heavy (non-hydrogen) atoms. The maximum absolute atomic E-state index is 13.5. The first kappa shape index (κ1) is 42.6. The molecule has 5 N–H and O–H groups in total. The summed E-state index contributed by atoms with van der Waals surface area (Å²) in [6, 6.07) is 27.5. The molecule has 0 spiro atoms. The summed E-state index contributed by atoms with van der Waals surface area (Å²) < 4.78 is 7.77. The number of piperidine rings is 1. The Hall–Kier alpha value is -8.07. The first-order valence-corrected chi connectivity index (χ1v) is 20.9. The van der Waals surface area contributed by atoms with Gasteiger partial charge in [0.15, 0.2) is 0 Å². The van der Waals surface area contributed by atoms with Crippen LogP contribution in [-0.2, 0) is 23.2 Å². The van der Waals surface area contributed by atoms with Crippen molar-refractivity contribution >= 4 is 57.6 Å². The zero-order valence-electron chi connectivity index (χ0n) is 35.2. The van der Waals surface area contributed by atoms with Crippen LogP contribution in [0.2, 0.25) is 0 Å². The highest BCUT2D eigenvalue weighted by Crippen LogP contribution is 2.39. The number of allylic oxidation sites excluding steroid dienone is 1. The number of fused-ring (bicyclic) bond motifs is 2. The van der Waals surface area contributed by atoms with Gasteiger partial charge in [-0.05, 0) is 91.9 Å². The second kappa shape index (κ2) is 18.1. The third kappa shape index (κ3) is 8.68. The van der Waals surface area contributed by atoms with Gasteiger partial charge in [0.05, 0.1) is 11.1 Å². The molecule has 8 rings (SSSR count). The molecule has 2 aliphatic heterocycles. The Morgan fingerprint density at radius 3 is 2.30 bits per heavy atom. The van der Waals surface area contributed by atoms with Crippen LogP contribution in [-0.4, -0.2) is 69.0 Å². The molecular weight excluding hydrogens is 815 g/mol. The Morgan fingerprint density at radius 1 is 0.797 bits per heavy atom. The van der Waals surface area contributed by atoms with Crippen molar-refractivity contribution in [2.45, 2.75) is 45.2 Å². The van der Waals surface area contributed by atoms with Crippen LogP contribution in [0.3, 0.4) is 0 Å². The van der Waals surface area contributed by atoms with E-state index in [1.54, 1.807) is 61.8 Å². The average molecular weight is 860 g/mol. The summed E-state index contributed by atoms with van der Waals surface area (Å²) in [5, 5.41) is 11.8. The summed E-state index contributed by atoms with van der Waals surface area (Å²) in [6.07, 6.45) is 3.11. The predicted octanol–water partition coefficient (Wildman–Crippen LogP) is 6.31. The number of nitrogens with zero attached hydrogens (tertiary/aromatic N) is 2. The van der Waals surface area contributed by atoms with Gasteiger partial charge in [-0.1, -0.05) is 54.6 Å².